The molecule has 3 rings (SSSR count). The Balaban J connectivity index is 1.67. The average Bonchev–Trinajstić information content (AvgIpc) is 3.22. The van der Waals surface area contributed by atoms with Crippen LogP contribution < -0.4 is 4.90 Å². The van der Waals surface area contributed by atoms with Gasteiger partial charge in [-0.15, -0.1) is 0 Å². The van der Waals surface area contributed by atoms with Gasteiger partial charge in [0.05, 0.1) is 11.7 Å². The summed E-state index contributed by atoms with van der Waals surface area (Å²) in [7, 11) is 0. The van der Waals surface area contributed by atoms with E-state index in [-0.39, 0.29) is 17.8 Å². The number of hydrogen-bond donors (Lipinski definition) is 0. The summed E-state index contributed by atoms with van der Waals surface area (Å²) >= 11 is 0. The number of nitrogens with zero attached hydrogens (tertiary/aromatic N) is 5. The summed E-state index contributed by atoms with van der Waals surface area (Å²) < 4.78 is 20.0. The van der Waals surface area contributed by atoms with Crippen molar-refractivity contribution in [1.29, 1.82) is 0 Å². The molecule has 1 unspecified atom stereocenters. The number of unbranched alkanes of at least 4 members (excludes halogenated alkanes) is 1. The summed E-state index contributed by atoms with van der Waals surface area (Å²) in [6.07, 6.45) is 2.97. The number of anilines is 1. The normalized spacial score (nSPS) is 15.8. The summed E-state index contributed by atoms with van der Waals surface area (Å²) in [6.45, 7) is 12.3. The third-order valence-corrected chi connectivity index (χ3v) is 6.01. The third-order valence-electron chi connectivity index (χ3n) is 6.01. The lowest BCUT2D eigenvalue weighted by atomic mass is 10.0. The van der Waals surface area contributed by atoms with Crippen molar-refractivity contribution in [3.05, 3.63) is 29.8 Å². The standard InChI is InChI=1S/C23H34FN5O2/c1-5-8-9-21(23(30)27(6-2)7-3)29-14-12-28(13-15-29)20-11-10-18(16-19(20)24)22-25-17(4)26-31-22/h10-11,16,21H,5-9,12-15H2,1-4H3. The van der Waals surface area contributed by atoms with Gasteiger partial charge in [-0.05, 0) is 45.4 Å². The van der Waals surface area contributed by atoms with Crippen LogP contribution in [-0.2, 0) is 4.79 Å². The van der Waals surface area contributed by atoms with Gasteiger partial charge in [-0.3, -0.25) is 9.69 Å². The summed E-state index contributed by atoms with van der Waals surface area (Å²) in [5.41, 5.74) is 1.14. The summed E-state index contributed by atoms with van der Waals surface area (Å²) in [6, 6.07) is 4.94. The minimum absolute atomic E-state index is 0.0880. The minimum atomic E-state index is -0.302. The molecule has 0 aliphatic carbocycles. The van der Waals surface area contributed by atoms with E-state index < -0.39 is 0 Å². The summed E-state index contributed by atoms with van der Waals surface area (Å²) in [5, 5.41) is 3.76. The molecule has 170 valence electrons. The maximum Gasteiger partial charge on any atom is 0.258 e. The first-order chi connectivity index (χ1) is 15.0. The van der Waals surface area contributed by atoms with E-state index in [4.69, 9.17) is 4.52 Å². The average molecular weight is 432 g/mol. The molecule has 2 heterocycles. The van der Waals surface area contributed by atoms with Gasteiger partial charge in [-0.25, -0.2) is 4.39 Å². The van der Waals surface area contributed by atoms with Crippen LogP contribution in [-0.4, -0.2) is 71.2 Å². The van der Waals surface area contributed by atoms with Crippen molar-refractivity contribution in [3.8, 4) is 11.5 Å². The van der Waals surface area contributed by atoms with Crippen LogP contribution in [0.15, 0.2) is 22.7 Å². The molecular weight excluding hydrogens is 397 g/mol. The fraction of sp³-hybridized carbons (Fsp3) is 0.609. The van der Waals surface area contributed by atoms with Gasteiger partial charge in [0.1, 0.15) is 5.82 Å². The van der Waals surface area contributed by atoms with Gasteiger partial charge in [0.25, 0.3) is 5.89 Å². The van der Waals surface area contributed by atoms with Crippen molar-refractivity contribution < 1.29 is 13.7 Å². The highest BCUT2D eigenvalue weighted by Gasteiger charge is 2.31. The van der Waals surface area contributed by atoms with Crippen molar-refractivity contribution in [1.82, 2.24) is 19.9 Å². The molecule has 8 heteroatoms. The topological polar surface area (TPSA) is 65.7 Å². The second kappa shape index (κ2) is 10.7. The third kappa shape index (κ3) is 5.42. The number of rotatable bonds is 9. The van der Waals surface area contributed by atoms with Crippen LogP contribution in [0.4, 0.5) is 10.1 Å². The van der Waals surface area contributed by atoms with Crippen LogP contribution in [0.1, 0.15) is 45.9 Å². The molecule has 2 aromatic rings. The van der Waals surface area contributed by atoms with Gasteiger partial charge in [0.15, 0.2) is 5.82 Å². The Bertz CT molecular complexity index is 859. The second-order valence-corrected chi connectivity index (χ2v) is 8.00. The number of carbonyl (C=O) groups is 1. The second-order valence-electron chi connectivity index (χ2n) is 8.00. The first-order valence-electron chi connectivity index (χ1n) is 11.4. The number of piperazine rings is 1. The Morgan fingerprint density at radius 2 is 1.90 bits per heavy atom. The van der Waals surface area contributed by atoms with Gasteiger partial charge >= 0.3 is 0 Å². The molecule has 31 heavy (non-hydrogen) atoms. The molecule has 1 amide bonds. The zero-order chi connectivity index (χ0) is 22.4. The monoisotopic (exact) mass is 431 g/mol. The van der Waals surface area contributed by atoms with Crippen LogP contribution in [0.5, 0.6) is 0 Å². The SMILES string of the molecule is CCCCC(C(=O)N(CC)CC)N1CCN(c2ccc(-c3nc(C)no3)cc2F)CC1. The van der Waals surface area contributed by atoms with E-state index in [0.717, 1.165) is 45.4 Å². The largest absolute Gasteiger partial charge is 0.367 e. The van der Waals surface area contributed by atoms with Crippen molar-refractivity contribution in [2.45, 2.75) is 53.0 Å². The number of benzene rings is 1. The molecule has 0 spiro atoms. The Labute approximate surface area is 184 Å². The Morgan fingerprint density at radius 1 is 1.19 bits per heavy atom. The summed E-state index contributed by atoms with van der Waals surface area (Å²) in [4.78, 5) is 23.5. The lowest BCUT2D eigenvalue weighted by Gasteiger charge is -2.41. The molecule has 1 aliphatic heterocycles. The van der Waals surface area contributed by atoms with Gasteiger partial charge in [0.2, 0.25) is 5.91 Å². The highest BCUT2D eigenvalue weighted by Crippen LogP contribution is 2.27. The van der Waals surface area contributed by atoms with E-state index in [1.54, 1.807) is 13.0 Å². The quantitative estimate of drug-likeness (QED) is 0.603. The number of likely N-dealkylation sites (N-methyl/N-ethyl adjacent to an activating group) is 1. The molecule has 1 fully saturated rings. The van der Waals surface area contributed by atoms with Crippen LogP contribution in [0.3, 0.4) is 0 Å². The molecule has 1 atom stereocenters. The van der Waals surface area contributed by atoms with Crippen LogP contribution in [0.2, 0.25) is 0 Å². The number of amides is 1. The van der Waals surface area contributed by atoms with Crippen molar-refractivity contribution >= 4 is 11.6 Å². The van der Waals surface area contributed by atoms with Crippen molar-refractivity contribution in [2.24, 2.45) is 0 Å². The summed E-state index contributed by atoms with van der Waals surface area (Å²) in [5.74, 6) is 0.759. The van der Waals surface area contributed by atoms with Gasteiger partial charge in [0, 0.05) is 44.8 Å². The first-order valence-corrected chi connectivity index (χ1v) is 11.4. The first kappa shape index (κ1) is 23.2. The Hall–Kier alpha value is -2.48. The molecular formula is C23H34FN5O2. The lowest BCUT2D eigenvalue weighted by molar-refractivity contribution is -0.137. The van der Waals surface area contributed by atoms with E-state index >= 15 is 0 Å². The number of carbonyl (C=O) groups excluding carboxylic acids is 1. The van der Waals surface area contributed by atoms with Gasteiger partial charge < -0.3 is 14.3 Å². The van der Waals surface area contributed by atoms with Crippen molar-refractivity contribution in [3.63, 3.8) is 0 Å². The molecule has 1 saturated heterocycles. The van der Waals surface area contributed by atoms with Crippen molar-refractivity contribution in [2.75, 3.05) is 44.2 Å². The molecule has 0 radical (unpaired) electrons. The molecule has 0 N–H and O–H groups in total. The minimum Gasteiger partial charge on any atom is -0.367 e. The molecule has 0 saturated carbocycles. The van der Waals surface area contributed by atoms with E-state index in [1.807, 2.05) is 29.7 Å². The molecule has 1 aliphatic rings. The Kier molecular flexibility index (Phi) is 8.01. The number of aryl methyl sites for hydroxylation is 1. The number of halogens is 1. The molecule has 7 nitrogen and oxygen atoms in total. The fourth-order valence-corrected chi connectivity index (χ4v) is 4.19. The highest BCUT2D eigenvalue weighted by atomic mass is 19.1. The van der Waals surface area contributed by atoms with E-state index in [9.17, 15) is 9.18 Å². The molecule has 0 bridgehead atoms. The lowest BCUT2D eigenvalue weighted by Crippen LogP contribution is -2.55. The van der Waals surface area contributed by atoms with E-state index in [2.05, 4.69) is 22.0 Å². The predicted molar refractivity (Wildman–Crippen MR) is 119 cm³/mol. The van der Waals surface area contributed by atoms with E-state index in [1.165, 1.54) is 6.07 Å². The van der Waals surface area contributed by atoms with E-state index in [0.29, 0.717) is 36.1 Å². The Morgan fingerprint density at radius 3 is 2.45 bits per heavy atom. The molecule has 1 aromatic carbocycles. The molecule has 1 aromatic heterocycles. The fourth-order valence-electron chi connectivity index (χ4n) is 4.19. The maximum atomic E-state index is 14.9. The number of hydrogen-bond acceptors (Lipinski definition) is 6. The zero-order valence-corrected chi connectivity index (χ0v) is 19.1. The van der Waals surface area contributed by atoms with Crippen LogP contribution in [0.25, 0.3) is 11.5 Å². The number of aromatic nitrogens is 2. The highest BCUT2D eigenvalue weighted by molar-refractivity contribution is 5.82. The maximum absolute atomic E-state index is 14.9. The van der Waals surface area contributed by atoms with Crippen LogP contribution in [0, 0.1) is 12.7 Å². The smallest absolute Gasteiger partial charge is 0.258 e. The van der Waals surface area contributed by atoms with Gasteiger partial charge in [-0.1, -0.05) is 24.9 Å². The van der Waals surface area contributed by atoms with Crippen LogP contribution >= 0.6 is 0 Å². The van der Waals surface area contributed by atoms with Gasteiger partial charge in [-0.2, -0.15) is 4.98 Å². The predicted octanol–water partition coefficient (Wildman–Crippen LogP) is 3.73. The zero-order valence-electron chi connectivity index (χ0n) is 19.1.